The second-order valence-corrected chi connectivity index (χ2v) is 6.72. The van der Waals surface area contributed by atoms with E-state index in [4.69, 9.17) is 0 Å². The van der Waals surface area contributed by atoms with Crippen LogP contribution in [0.4, 0.5) is 0 Å². The number of aromatic nitrogens is 4. The highest BCUT2D eigenvalue weighted by atomic mass is 16.1. The summed E-state index contributed by atoms with van der Waals surface area (Å²) in [5.41, 5.74) is 3.09. The van der Waals surface area contributed by atoms with E-state index < -0.39 is 0 Å². The first-order chi connectivity index (χ1) is 11.7. The van der Waals surface area contributed by atoms with Crippen molar-refractivity contribution in [2.45, 2.75) is 51.6 Å². The van der Waals surface area contributed by atoms with E-state index in [1.54, 1.807) is 13.1 Å². The minimum Gasteiger partial charge on any atom is -0.346 e. The van der Waals surface area contributed by atoms with E-state index in [9.17, 15) is 4.79 Å². The molecule has 24 heavy (non-hydrogen) atoms. The molecule has 1 fully saturated rings. The lowest BCUT2D eigenvalue weighted by Gasteiger charge is -2.19. The molecule has 3 aromatic rings. The molecule has 3 aromatic heterocycles. The van der Waals surface area contributed by atoms with Crippen molar-refractivity contribution in [1.82, 2.24) is 24.8 Å². The molecule has 6 nitrogen and oxygen atoms in total. The van der Waals surface area contributed by atoms with Gasteiger partial charge in [-0.25, -0.2) is 9.97 Å². The predicted molar refractivity (Wildman–Crippen MR) is 95.4 cm³/mol. The highest BCUT2D eigenvalue weighted by Gasteiger charge is 2.28. The molecule has 1 saturated carbocycles. The van der Waals surface area contributed by atoms with Crippen LogP contribution in [0.5, 0.6) is 0 Å². The van der Waals surface area contributed by atoms with Crippen LogP contribution in [0.2, 0.25) is 0 Å². The van der Waals surface area contributed by atoms with Gasteiger partial charge >= 0.3 is 0 Å². The van der Waals surface area contributed by atoms with E-state index in [2.05, 4.69) is 27.2 Å². The van der Waals surface area contributed by atoms with Gasteiger partial charge in [0.2, 0.25) is 0 Å². The molecule has 0 aromatic carbocycles. The fourth-order valence-electron chi connectivity index (χ4n) is 3.90. The first-order valence-electron chi connectivity index (χ1n) is 8.77. The fourth-order valence-corrected chi connectivity index (χ4v) is 3.90. The summed E-state index contributed by atoms with van der Waals surface area (Å²) in [6, 6.07) is 2.70. The quantitative estimate of drug-likeness (QED) is 0.773. The first kappa shape index (κ1) is 15.3. The zero-order valence-corrected chi connectivity index (χ0v) is 14.2. The number of hydrogen-bond donors (Lipinski definition) is 2. The summed E-state index contributed by atoms with van der Waals surface area (Å²) >= 11 is 0. The van der Waals surface area contributed by atoms with Crippen LogP contribution in [0.1, 0.15) is 44.3 Å². The van der Waals surface area contributed by atoms with Crippen LogP contribution in [0.3, 0.4) is 0 Å². The van der Waals surface area contributed by atoms with Gasteiger partial charge < -0.3 is 14.9 Å². The minimum absolute atomic E-state index is 0.0253. The van der Waals surface area contributed by atoms with Gasteiger partial charge in [-0.2, -0.15) is 0 Å². The highest BCUT2D eigenvalue weighted by Crippen LogP contribution is 2.33. The average Bonchev–Trinajstić information content (AvgIpc) is 3.23. The van der Waals surface area contributed by atoms with E-state index in [0.29, 0.717) is 11.7 Å². The molecule has 0 bridgehead atoms. The number of nitrogens with zero attached hydrogens (tertiary/aromatic N) is 3. The Balaban J connectivity index is 1.86. The van der Waals surface area contributed by atoms with E-state index in [0.717, 1.165) is 54.3 Å². The molecule has 0 radical (unpaired) electrons. The number of aromatic amines is 1. The van der Waals surface area contributed by atoms with Crippen molar-refractivity contribution in [2.75, 3.05) is 6.54 Å². The van der Waals surface area contributed by atoms with Crippen molar-refractivity contribution >= 4 is 22.1 Å². The number of pyridine rings is 1. The number of nitrogens with one attached hydrogen (secondary N) is 2. The third-order valence-corrected chi connectivity index (χ3v) is 5.05. The van der Waals surface area contributed by atoms with Gasteiger partial charge in [-0.05, 0) is 45.2 Å². The molecule has 1 aliphatic carbocycles. The predicted octanol–water partition coefficient (Wildman–Crippen LogP) is 2.67. The van der Waals surface area contributed by atoms with Gasteiger partial charge in [-0.1, -0.05) is 6.92 Å². The van der Waals surface area contributed by atoms with Crippen molar-refractivity contribution < 1.29 is 0 Å². The van der Waals surface area contributed by atoms with Crippen LogP contribution < -0.4 is 10.9 Å². The third kappa shape index (κ3) is 2.41. The molecule has 2 atom stereocenters. The Morgan fingerprint density at radius 1 is 1.42 bits per heavy atom. The fraction of sp³-hybridized carbons (Fsp3) is 0.500. The lowest BCUT2D eigenvalue weighted by Crippen LogP contribution is -2.30. The SMILES string of the molecule is CCCNC1CCC(n2c(=O)c(C)nc3cnc4[nH]ccc4c32)C1. The van der Waals surface area contributed by atoms with Crippen LogP contribution in [0.15, 0.2) is 23.3 Å². The lowest BCUT2D eigenvalue weighted by atomic mass is 10.2. The van der Waals surface area contributed by atoms with Gasteiger partial charge in [0, 0.05) is 23.7 Å². The van der Waals surface area contributed by atoms with Crippen molar-refractivity contribution in [3.8, 4) is 0 Å². The van der Waals surface area contributed by atoms with Gasteiger partial charge in [0.1, 0.15) is 16.9 Å². The summed E-state index contributed by atoms with van der Waals surface area (Å²) in [4.78, 5) is 24.9. The number of hydrogen-bond acceptors (Lipinski definition) is 4. The number of H-pyrrole nitrogens is 1. The smallest absolute Gasteiger partial charge is 0.272 e. The van der Waals surface area contributed by atoms with Gasteiger partial charge in [-0.3, -0.25) is 4.79 Å². The van der Waals surface area contributed by atoms with Crippen LogP contribution in [0.25, 0.3) is 22.1 Å². The Labute approximate surface area is 140 Å². The van der Waals surface area contributed by atoms with Crippen molar-refractivity contribution in [1.29, 1.82) is 0 Å². The molecule has 3 heterocycles. The molecule has 0 aliphatic heterocycles. The number of fused-ring (bicyclic) bond motifs is 3. The van der Waals surface area contributed by atoms with Crippen LogP contribution in [-0.4, -0.2) is 32.1 Å². The van der Waals surface area contributed by atoms with E-state index in [-0.39, 0.29) is 11.6 Å². The zero-order chi connectivity index (χ0) is 16.7. The Morgan fingerprint density at radius 3 is 3.12 bits per heavy atom. The normalized spacial score (nSPS) is 21.1. The molecular formula is C18H23N5O. The number of aryl methyl sites for hydroxylation is 1. The summed E-state index contributed by atoms with van der Waals surface area (Å²) in [7, 11) is 0. The van der Waals surface area contributed by atoms with E-state index in [1.807, 2.05) is 16.8 Å². The lowest BCUT2D eigenvalue weighted by molar-refractivity contribution is 0.473. The Kier molecular flexibility index (Phi) is 3.84. The van der Waals surface area contributed by atoms with E-state index in [1.165, 1.54) is 0 Å². The summed E-state index contributed by atoms with van der Waals surface area (Å²) < 4.78 is 1.98. The number of rotatable bonds is 4. The Hall–Kier alpha value is -2.21. The molecule has 4 rings (SSSR count). The molecule has 0 amide bonds. The highest BCUT2D eigenvalue weighted by molar-refractivity contribution is 6.00. The molecule has 126 valence electrons. The van der Waals surface area contributed by atoms with E-state index >= 15 is 0 Å². The maximum absolute atomic E-state index is 12.9. The molecule has 2 N–H and O–H groups in total. The van der Waals surface area contributed by atoms with Crippen molar-refractivity contribution in [3.05, 3.63) is 34.5 Å². The van der Waals surface area contributed by atoms with Gasteiger partial charge in [0.15, 0.2) is 0 Å². The van der Waals surface area contributed by atoms with Gasteiger partial charge in [0.05, 0.1) is 11.7 Å². The summed E-state index contributed by atoms with van der Waals surface area (Å²) in [6.07, 6.45) is 7.89. The molecule has 2 unspecified atom stereocenters. The standard InChI is InChI=1S/C18H23N5O/c1-3-7-19-12-4-5-13(9-12)23-16-14-6-8-20-17(14)21-10-15(16)22-11(2)18(23)24/h6,8,10,12-13,19H,3-5,7,9H2,1-2H3,(H,20,21). The van der Waals surface area contributed by atoms with Crippen molar-refractivity contribution in [2.24, 2.45) is 0 Å². The third-order valence-electron chi connectivity index (χ3n) is 5.05. The summed E-state index contributed by atoms with van der Waals surface area (Å²) in [5.74, 6) is 0. The topological polar surface area (TPSA) is 75.6 Å². The first-order valence-corrected chi connectivity index (χ1v) is 8.77. The Bertz CT molecular complexity index is 942. The molecular weight excluding hydrogens is 302 g/mol. The second-order valence-electron chi connectivity index (χ2n) is 6.72. The zero-order valence-electron chi connectivity index (χ0n) is 14.2. The maximum atomic E-state index is 12.9. The molecule has 0 saturated heterocycles. The summed E-state index contributed by atoms with van der Waals surface area (Å²) in [6.45, 7) is 5.01. The molecule has 1 aliphatic rings. The monoisotopic (exact) mass is 325 g/mol. The van der Waals surface area contributed by atoms with Crippen LogP contribution >= 0.6 is 0 Å². The van der Waals surface area contributed by atoms with Crippen molar-refractivity contribution in [3.63, 3.8) is 0 Å². The van der Waals surface area contributed by atoms with Gasteiger partial charge in [-0.15, -0.1) is 0 Å². The van der Waals surface area contributed by atoms with Crippen LogP contribution in [0, 0.1) is 6.92 Å². The average molecular weight is 325 g/mol. The largest absolute Gasteiger partial charge is 0.346 e. The summed E-state index contributed by atoms with van der Waals surface area (Å²) in [5, 5.41) is 4.57. The minimum atomic E-state index is 0.0253. The van der Waals surface area contributed by atoms with Crippen LogP contribution in [-0.2, 0) is 0 Å². The second kappa shape index (κ2) is 6.02. The Morgan fingerprint density at radius 2 is 2.29 bits per heavy atom. The van der Waals surface area contributed by atoms with Gasteiger partial charge in [0.25, 0.3) is 5.56 Å². The molecule has 0 spiro atoms. The maximum Gasteiger partial charge on any atom is 0.272 e. The molecule has 6 heteroatoms.